The van der Waals surface area contributed by atoms with E-state index >= 15 is 0 Å². The largest absolute Gasteiger partial charge is 0.303 e. The Morgan fingerprint density at radius 3 is 2.90 bits per heavy atom. The maximum absolute atomic E-state index is 6.18. The molecule has 0 fully saturated rings. The van der Waals surface area contributed by atoms with Crippen molar-refractivity contribution in [3.63, 3.8) is 0 Å². The first kappa shape index (κ1) is 15.4. The third-order valence-electron chi connectivity index (χ3n) is 3.83. The molecule has 110 valence electrons. The van der Waals surface area contributed by atoms with Gasteiger partial charge in [-0.2, -0.15) is 0 Å². The van der Waals surface area contributed by atoms with Gasteiger partial charge in [0.25, 0.3) is 0 Å². The lowest BCUT2D eigenvalue weighted by Crippen LogP contribution is -2.27. The van der Waals surface area contributed by atoms with Crippen LogP contribution in [0.1, 0.15) is 36.6 Å². The minimum atomic E-state index is 0.292. The third kappa shape index (κ3) is 3.48. The van der Waals surface area contributed by atoms with E-state index in [4.69, 9.17) is 11.6 Å². The minimum absolute atomic E-state index is 0.292. The van der Waals surface area contributed by atoms with Gasteiger partial charge in [0.15, 0.2) is 0 Å². The number of thioether (sulfide) groups is 1. The summed E-state index contributed by atoms with van der Waals surface area (Å²) in [6.45, 7) is 2.21. The quantitative estimate of drug-likeness (QED) is 0.699. The van der Waals surface area contributed by atoms with Crippen molar-refractivity contribution in [1.82, 2.24) is 5.32 Å². The predicted molar refractivity (Wildman–Crippen MR) is 95.2 cm³/mol. The van der Waals surface area contributed by atoms with Crippen molar-refractivity contribution < 1.29 is 0 Å². The summed E-state index contributed by atoms with van der Waals surface area (Å²) in [5, 5.41) is 4.57. The summed E-state index contributed by atoms with van der Waals surface area (Å²) in [6.07, 6.45) is 1.13. The Morgan fingerprint density at radius 1 is 1.29 bits per heavy atom. The van der Waals surface area contributed by atoms with E-state index in [0.29, 0.717) is 12.1 Å². The summed E-state index contributed by atoms with van der Waals surface area (Å²) in [4.78, 5) is 1.35. The first-order valence-corrected chi connectivity index (χ1v) is 9.23. The van der Waals surface area contributed by atoms with Gasteiger partial charge in [0.2, 0.25) is 0 Å². The highest BCUT2D eigenvalue weighted by Gasteiger charge is 2.23. The van der Waals surface area contributed by atoms with Crippen LogP contribution in [0.3, 0.4) is 0 Å². The number of nitrogens with one attached hydrogen (secondary N) is 1. The molecule has 2 atom stereocenters. The second-order valence-electron chi connectivity index (χ2n) is 5.28. The molecule has 1 unspecified atom stereocenters. The Labute approximate surface area is 143 Å². The van der Waals surface area contributed by atoms with Gasteiger partial charge in [0.1, 0.15) is 0 Å². The molecule has 0 spiro atoms. The summed E-state index contributed by atoms with van der Waals surface area (Å²) in [5.41, 5.74) is 2.62. The highest BCUT2D eigenvalue weighted by Crippen LogP contribution is 2.39. The van der Waals surface area contributed by atoms with Gasteiger partial charge in [-0.3, -0.25) is 0 Å². The van der Waals surface area contributed by atoms with Gasteiger partial charge in [-0.25, -0.2) is 0 Å². The van der Waals surface area contributed by atoms with Crippen LogP contribution in [0.5, 0.6) is 0 Å². The van der Waals surface area contributed by atoms with Crippen molar-refractivity contribution in [3.05, 3.63) is 63.1 Å². The smallest absolute Gasteiger partial charge is 0.0410 e. The van der Waals surface area contributed by atoms with E-state index in [1.165, 1.54) is 16.0 Å². The van der Waals surface area contributed by atoms with Gasteiger partial charge < -0.3 is 5.32 Å². The van der Waals surface area contributed by atoms with Crippen molar-refractivity contribution in [2.45, 2.75) is 30.3 Å². The van der Waals surface area contributed by atoms with E-state index in [0.717, 1.165) is 21.7 Å². The predicted octanol–water partition coefficient (Wildman–Crippen LogP) is 5.99. The number of benzene rings is 2. The fraction of sp³-hybridized carbons (Fsp3) is 0.294. The van der Waals surface area contributed by atoms with E-state index in [9.17, 15) is 0 Å². The second-order valence-corrected chi connectivity index (χ2v) is 7.71. The molecule has 21 heavy (non-hydrogen) atoms. The zero-order valence-electron chi connectivity index (χ0n) is 11.8. The molecule has 1 nitrogen and oxygen atoms in total. The average Bonchev–Trinajstić information content (AvgIpc) is 2.48. The summed E-state index contributed by atoms with van der Waals surface area (Å²) in [7, 11) is 0. The van der Waals surface area contributed by atoms with Crippen LogP contribution in [0, 0.1) is 0 Å². The van der Waals surface area contributed by atoms with E-state index < -0.39 is 0 Å². The summed E-state index contributed by atoms with van der Waals surface area (Å²) in [5.74, 6) is 1.15. The molecule has 2 aromatic rings. The van der Waals surface area contributed by atoms with Gasteiger partial charge in [0.05, 0.1) is 0 Å². The molecule has 2 aromatic carbocycles. The first-order valence-electron chi connectivity index (χ1n) is 7.08. The van der Waals surface area contributed by atoms with Crippen LogP contribution < -0.4 is 5.32 Å². The number of halogens is 2. The van der Waals surface area contributed by atoms with Crippen molar-refractivity contribution in [2.24, 2.45) is 0 Å². The van der Waals surface area contributed by atoms with Crippen LogP contribution in [0.4, 0.5) is 0 Å². The van der Waals surface area contributed by atoms with Crippen molar-refractivity contribution in [1.29, 1.82) is 0 Å². The third-order valence-corrected chi connectivity index (χ3v) is 5.91. The number of hydrogen-bond acceptors (Lipinski definition) is 2. The van der Waals surface area contributed by atoms with E-state index in [2.05, 4.69) is 58.5 Å². The molecule has 0 amide bonds. The monoisotopic (exact) mass is 381 g/mol. The Hall–Kier alpha value is -0.480. The fourth-order valence-electron chi connectivity index (χ4n) is 2.76. The van der Waals surface area contributed by atoms with Crippen LogP contribution in [-0.2, 0) is 0 Å². The molecule has 0 aromatic heterocycles. The molecule has 1 aliphatic heterocycles. The van der Waals surface area contributed by atoms with Gasteiger partial charge in [-0.1, -0.05) is 45.7 Å². The molecule has 1 heterocycles. The molecule has 1 N–H and O–H groups in total. The van der Waals surface area contributed by atoms with Crippen molar-refractivity contribution >= 4 is 39.3 Å². The first-order chi connectivity index (χ1) is 10.1. The number of hydrogen-bond donors (Lipinski definition) is 1. The molecular weight excluding hydrogens is 366 g/mol. The van der Waals surface area contributed by atoms with E-state index in [1.54, 1.807) is 0 Å². The molecule has 0 bridgehead atoms. The molecule has 1 aliphatic rings. The van der Waals surface area contributed by atoms with Gasteiger partial charge in [-0.05, 0) is 54.5 Å². The Kier molecular flexibility index (Phi) is 4.95. The molecule has 0 aliphatic carbocycles. The van der Waals surface area contributed by atoms with Gasteiger partial charge in [-0.15, -0.1) is 11.8 Å². The average molecular weight is 383 g/mol. The Bertz CT molecular complexity index is 646. The van der Waals surface area contributed by atoms with Crippen LogP contribution >= 0.6 is 39.3 Å². The van der Waals surface area contributed by atoms with Crippen LogP contribution in [0.25, 0.3) is 0 Å². The summed E-state index contributed by atoms with van der Waals surface area (Å²) >= 11 is 11.7. The molecule has 0 saturated heterocycles. The van der Waals surface area contributed by atoms with Gasteiger partial charge in [0, 0.05) is 26.5 Å². The van der Waals surface area contributed by atoms with Crippen molar-refractivity contribution in [3.8, 4) is 0 Å². The normalized spacial score (nSPS) is 19.1. The molecule has 4 heteroatoms. The highest BCUT2D eigenvalue weighted by molar-refractivity contribution is 9.10. The standard InChI is InChI=1S/C17H17BrClNS/c1-11(13-4-2-3-5-15(13)18)20-16-8-9-21-17-7-6-12(19)10-14(16)17/h2-7,10-11,16,20H,8-9H2,1H3/t11-,16?/m1/s1. The van der Waals surface area contributed by atoms with Gasteiger partial charge >= 0.3 is 0 Å². The zero-order chi connectivity index (χ0) is 14.8. The lowest BCUT2D eigenvalue weighted by molar-refractivity contribution is 0.449. The number of fused-ring (bicyclic) bond motifs is 1. The Morgan fingerprint density at radius 2 is 2.10 bits per heavy atom. The molecule has 0 saturated carbocycles. The lowest BCUT2D eigenvalue weighted by atomic mass is 10.0. The zero-order valence-corrected chi connectivity index (χ0v) is 14.9. The number of rotatable bonds is 3. The van der Waals surface area contributed by atoms with Crippen molar-refractivity contribution in [2.75, 3.05) is 5.75 Å². The second kappa shape index (κ2) is 6.74. The molecule has 3 rings (SSSR count). The molecule has 0 radical (unpaired) electrons. The van der Waals surface area contributed by atoms with E-state index in [-0.39, 0.29) is 0 Å². The summed E-state index contributed by atoms with van der Waals surface area (Å²) < 4.78 is 1.15. The topological polar surface area (TPSA) is 12.0 Å². The maximum atomic E-state index is 6.18. The fourth-order valence-corrected chi connectivity index (χ4v) is 4.67. The Balaban J connectivity index is 1.83. The molecular formula is C17H17BrClNS. The maximum Gasteiger partial charge on any atom is 0.0410 e. The highest BCUT2D eigenvalue weighted by atomic mass is 79.9. The SMILES string of the molecule is C[C@@H](NC1CCSc2ccc(Cl)cc21)c1ccccc1Br. The van der Waals surface area contributed by atoms with Crippen LogP contribution in [0.15, 0.2) is 51.8 Å². The van der Waals surface area contributed by atoms with Crippen LogP contribution in [-0.4, -0.2) is 5.75 Å². The summed E-state index contributed by atoms with van der Waals surface area (Å²) in [6, 6.07) is 15.3. The van der Waals surface area contributed by atoms with Crippen LogP contribution in [0.2, 0.25) is 5.02 Å². The lowest BCUT2D eigenvalue weighted by Gasteiger charge is -2.29. The minimum Gasteiger partial charge on any atom is -0.303 e. The van der Waals surface area contributed by atoms with E-state index in [1.807, 2.05) is 23.9 Å².